The Bertz CT molecular complexity index is 1010. The van der Waals surface area contributed by atoms with Gasteiger partial charge >= 0.3 is 6.09 Å². The van der Waals surface area contributed by atoms with Crippen LogP contribution in [0.1, 0.15) is 31.9 Å². The van der Waals surface area contributed by atoms with E-state index < -0.39 is 5.60 Å². The fourth-order valence-electron chi connectivity index (χ4n) is 3.60. The predicted molar refractivity (Wildman–Crippen MR) is 120 cm³/mol. The normalized spacial score (nSPS) is 12.8. The fourth-order valence-corrected chi connectivity index (χ4v) is 3.60. The summed E-state index contributed by atoms with van der Waals surface area (Å²) in [6, 6.07) is 20.3. The molecule has 0 saturated heterocycles. The number of aliphatic hydroxyl groups is 1. The minimum absolute atomic E-state index is 0.310. The molecule has 1 N–H and O–H groups in total. The Hall–Kier alpha value is -3.05. The molecule has 0 unspecified atom stereocenters. The first-order chi connectivity index (χ1) is 14.4. The topological polar surface area (TPSA) is 59.0 Å². The van der Waals surface area contributed by atoms with Crippen molar-refractivity contribution in [2.75, 3.05) is 18.6 Å². The van der Waals surface area contributed by atoms with E-state index in [0.29, 0.717) is 13.2 Å². The van der Waals surface area contributed by atoms with Crippen LogP contribution < -0.4 is 9.64 Å². The van der Waals surface area contributed by atoms with Gasteiger partial charge in [-0.15, -0.1) is 0 Å². The van der Waals surface area contributed by atoms with Gasteiger partial charge in [0.05, 0.1) is 5.69 Å². The van der Waals surface area contributed by atoms with Crippen LogP contribution in [0.25, 0.3) is 10.8 Å². The smallest absolute Gasteiger partial charge is 0.414 e. The number of hydrogen-bond acceptors (Lipinski definition) is 4. The van der Waals surface area contributed by atoms with Crippen LogP contribution in [0.15, 0.2) is 60.7 Å². The highest BCUT2D eigenvalue weighted by Gasteiger charge is 2.31. The van der Waals surface area contributed by atoms with Gasteiger partial charge in [-0.3, -0.25) is 4.90 Å². The van der Waals surface area contributed by atoms with Gasteiger partial charge in [0.2, 0.25) is 0 Å². The summed E-state index contributed by atoms with van der Waals surface area (Å²) in [5.41, 5.74) is 2.64. The molecule has 0 atom stereocenters. The molecule has 0 saturated carbocycles. The lowest BCUT2D eigenvalue weighted by Crippen LogP contribution is -2.35. The van der Waals surface area contributed by atoms with Crippen molar-refractivity contribution in [1.29, 1.82) is 0 Å². The molecule has 1 aliphatic rings. The van der Waals surface area contributed by atoms with Gasteiger partial charge in [-0.1, -0.05) is 54.6 Å². The second-order valence-corrected chi connectivity index (χ2v) is 8.07. The lowest BCUT2D eigenvalue weighted by atomic mass is 10.0. The molecule has 3 aromatic carbocycles. The van der Waals surface area contributed by atoms with E-state index in [9.17, 15) is 4.79 Å². The van der Waals surface area contributed by atoms with Crippen LogP contribution in [-0.4, -0.2) is 30.5 Å². The van der Waals surface area contributed by atoms with Crippen LogP contribution in [-0.2, 0) is 17.8 Å². The molecule has 4 rings (SSSR count). The average Bonchev–Trinajstić information content (AvgIpc) is 3.17. The molecule has 0 bridgehead atoms. The number of anilines is 1. The van der Waals surface area contributed by atoms with Crippen molar-refractivity contribution < 1.29 is 19.4 Å². The number of benzene rings is 3. The second kappa shape index (κ2) is 9.18. The Morgan fingerprint density at radius 2 is 1.63 bits per heavy atom. The zero-order valence-corrected chi connectivity index (χ0v) is 18.0. The molecule has 0 aromatic heterocycles. The number of fused-ring (bicyclic) bond motifs is 3. The lowest BCUT2D eigenvalue weighted by Gasteiger charge is -2.25. The fraction of sp³-hybridized carbons (Fsp3) is 0.320. The molecule has 5 nitrogen and oxygen atoms in total. The Labute approximate surface area is 177 Å². The van der Waals surface area contributed by atoms with E-state index in [1.54, 1.807) is 4.90 Å². The first-order valence-electron chi connectivity index (χ1n) is 10.1. The maximum atomic E-state index is 12.7. The first kappa shape index (κ1) is 21.7. The summed E-state index contributed by atoms with van der Waals surface area (Å²) in [7, 11) is 1.00. The van der Waals surface area contributed by atoms with Crippen LogP contribution in [0, 0.1) is 0 Å². The van der Waals surface area contributed by atoms with Crippen LogP contribution in [0.3, 0.4) is 0 Å². The van der Waals surface area contributed by atoms with Gasteiger partial charge in [-0.2, -0.15) is 0 Å². The molecule has 0 aliphatic carbocycles. The lowest BCUT2D eigenvalue weighted by molar-refractivity contribution is 0.0584. The van der Waals surface area contributed by atoms with E-state index in [0.717, 1.165) is 41.3 Å². The molecule has 30 heavy (non-hydrogen) atoms. The molecule has 158 valence electrons. The van der Waals surface area contributed by atoms with Crippen molar-refractivity contribution in [1.82, 2.24) is 0 Å². The maximum Gasteiger partial charge on any atom is 0.414 e. The zero-order chi connectivity index (χ0) is 21.7. The van der Waals surface area contributed by atoms with Gasteiger partial charge in [0.15, 0.2) is 0 Å². The zero-order valence-electron chi connectivity index (χ0n) is 18.0. The van der Waals surface area contributed by atoms with Crippen molar-refractivity contribution in [3.8, 4) is 5.75 Å². The van der Waals surface area contributed by atoms with Gasteiger partial charge in [-0.05, 0) is 43.7 Å². The van der Waals surface area contributed by atoms with Gasteiger partial charge < -0.3 is 14.6 Å². The Morgan fingerprint density at radius 3 is 2.30 bits per heavy atom. The average molecular weight is 408 g/mol. The van der Waals surface area contributed by atoms with Crippen LogP contribution in [0.5, 0.6) is 5.75 Å². The molecular weight excluding hydrogens is 378 g/mol. The van der Waals surface area contributed by atoms with Crippen LogP contribution in [0.2, 0.25) is 0 Å². The molecule has 3 aromatic rings. The van der Waals surface area contributed by atoms with Gasteiger partial charge in [-0.25, -0.2) is 4.79 Å². The minimum atomic E-state index is -0.524. The standard InChI is InChI=1S/C24H25NO3.CH4O/c1-24(2,3)28-23(26)25-14-13-19-18-11-7-8-12-20(18)22(15-21(19)25)27-16-17-9-5-4-6-10-17;1-2/h4-12,15H,13-14,16H2,1-3H3;2H,1H3. The van der Waals surface area contributed by atoms with E-state index >= 15 is 0 Å². The monoisotopic (exact) mass is 407 g/mol. The van der Waals surface area contributed by atoms with Crippen molar-refractivity contribution in [2.45, 2.75) is 39.4 Å². The summed E-state index contributed by atoms with van der Waals surface area (Å²) in [5, 5.41) is 9.21. The van der Waals surface area contributed by atoms with E-state index in [1.165, 1.54) is 5.56 Å². The van der Waals surface area contributed by atoms with E-state index in [4.69, 9.17) is 14.6 Å². The third kappa shape index (κ3) is 4.74. The highest BCUT2D eigenvalue weighted by atomic mass is 16.6. The molecule has 1 amide bonds. The maximum absolute atomic E-state index is 12.7. The highest BCUT2D eigenvalue weighted by molar-refractivity contribution is 6.01. The molecule has 0 spiro atoms. The number of carbonyl (C=O) groups is 1. The van der Waals surface area contributed by atoms with Crippen molar-refractivity contribution >= 4 is 22.6 Å². The summed E-state index contributed by atoms with van der Waals surface area (Å²) in [6.45, 7) is 6.76. The van der Waals surface area contributed by atoms with E-state index in [2.05, 4.69) is 12.1 Å². The largest absolute Gasteiger partial charge is 0.488 e. The number of carbonyl (C=O) groups excluding carboxylic acids is 1. The molecule has 0 fully saturated rings. The summed E-state index contributed by atoms with van der Waals surface area (Å²) in [6.07, 6.45) is 0.504. The number of ether oxygens (including phenoxy) is 2. The molecule has 1 aliphatic heterocycles. The van der Waals surface area contributed by atoms with Gasteiger partial charge in [0.25, 0.3) is 0 Å². The first-order valence-corrected chi connectivity index (χ1v) is 10.1. The van der Waals surface area contributed by atoms with Crippen LogP contribution in [0.4, 0.5) is 10.5 Å². The minimum Gasteiger partial charge on any atom is -0.488 e. The SMILES string of the molecule is CC(C)(C)OC(=O)N1CCc2c1cc(OCc1ccccc1)c1ccccc21.CO. The number of nitrogens with zero attached hydrogens (tertiary/aromatic N) is 1. The highest BCUT2D eigenvalue weighted by Crippen LogP contribution is 2.40. The predicted octanol–water partition coefficient (Wildman–Crippen LogP) is 5.32. The van der Waals surface area contributed by atoms with E-state index in [1.807, 2.05) is 69.3 Å². The molecule has 5 heteroatoms. The summed E-state index contributed by atoms with van der Waals surface area (Å²) < 4.78 is 11.8. The number of rotatable bonds is 3. The third-order valence-corrected chi connectivity index (χ3v) is 4.82. The van der Waals surface area contributed by atoms with Crippen molar-refractivity contribution in [3.63, 3.8) is 0 Å². The number of amides is 1. The Kier molecular flexibility index (Phi) is 6.63. The van der Waals surface area contributed by atoms with Crippen molar-refractivity contribution in [2.24, 2.45) is 0 Å². The molecule has 0 radical (unpaired) electrons. The second-order valence-electron chi connectivity index (χ2n) is 8.07. The summed E-state index contributed by atoms with van der Waals surface area (Å²) in [5.74, 6) is 0.786. The van der Waals surface area contributed by atoms with E-state index in [-0.39, 0.29) is 6.09 Å². The quantitative estimate of drug-likeness (QED) is 0.638. The Morgan fingerprint density at radius 1 is 1.00 bits per heavy atom. The molecule has 1 heterocycles. The molecular formula is C25H29NO4. The van der Waals surface area contributed by atoms with Crippen LogP contribution >= 0.6 is 0 Å². The van der Waals surface area contributed by atoms with Gasteiger partial charge in [0.1, 0.15) is 18.0 Å². The number of hydrogen-bond donors (Lipinski definition) is 1. The number of aliphatic hydroxyl groups excluding tert-OH is 1. The summed E-state index contributed by atoms with van der Waals surface area (Å²) in [4.78, 5) is 14.4. The van der Waals surface area contributed by atoms with Gasteiger partial charge in [0, 0.05) is 25.1 Å². The summed E-state index contributed by atoms with van der Waals surface area (Å²) >= 11 is 0. The third-order valence-electron chi connectivity index (χ3n) is 4.82. The Balaban J connectivity index is 0.00000124. The van der Waals surface area contributed by atoms with Crippen molar-refractivity contribution in [3.05, 3.63) is 71.8 Å².